The number of morpholine rings is 1. The maximum atomic E-state index is 13.5. The summed E-state index contributed by atoms with van der Waals surface area (Å²) < 4.78 is 5.48. The number of hydrogen-bond acceptors (Lipinski definition) is 5. The molecule has 2 heterocycles. The van der Waals surface area contributed by atoms with Crippen LogP contribution >= 0.6 is 0 Å². The van der Waals surface area contributed by atoms with Gasteiger partial charge in [0.1, 0.15) is 5.82 Å². The number of fused-ring (bicyclic) bond motifs is 1. The first kappa shape index (κ1) is 27.4. The highest BCUT2D eigenvalue weighted by Gasteiger charge is 2.20. The number of nitrogens with zero attached hydrogens (tertiary/aromatic N) is 2. The minimum absolute atomic E-state index is 0.0519. The van der Waals surface area contributed by atoms with E-state index in [0.29, 0.717) is 31.6 Å². The molecule has 1 atom stereocenters. The van der Waals surface area contributed by atoms with Crippen LogP contribution in [0.2, 0.25) is 0 Å². The number of nitrogens with one attached hydrogen (secondary N) is 3. The topological polar surface area (TPSA) is 99.3 Å². The lowest BCUT2D eigenvalue weighted by Gasteiger charge is -2.29. The van der Waals surface area contributed by atoms with Gasteiger partial charge in [0.05, 0.1) is 31.1 Å². The van der Waals surface area contributed by atoms with Gasteiger partial charge in [-0.1, -0.05) is 55.3 Å². The number of carbonyl (C=O) groups excluding carboxylic acids is 2. The van der Waals surface area contributed by atoms with Gasteiger partial charge in [-0.15, -0.1) is 0 Å². The monoisotopic (exact) mass is 539 g/mol. The van der Waals surface area contributed by atoms with Crippen molar-refractivity contribution in [2.45, 2.75) is 38.1 Å². The zero-order valence-electron chi connectivity index (χ0n) is 23.0. The van der Waals surface area contributed by atoms with E-state index in [1.54, 1.807) is 7.05 Å². The van der Waals surface area contributed by atoms with E-state index in [0.717, 1.165) is 60.5 Å². The first-order valence-corrected chi connectivity index (χ1v) is 14.1. The molecule has 0 radical (unpaired) electrons. The fourth-order valence-corrected chi connectivity index (χ4v) is 5.14. The van der Waals surface area contributed by atoms with Gasteiger partial charge >= 0.3 is 0 Å². The molecule has 5 rings (SSSR count). The summed E-state index contributed by atoms with van der Waals surface area (Å²) in [6.45, 7) is 3.01. The molecule has 0 bridgehead atoms. The maximum Gasteiger partial charge on any atom is 0.251 e. The van der Waals surface area contributed by atoms with Crippen molar-refractivity contribution in [3.8, 4) is 11.3 Å². The van der Waals surface area contributed by atoms with Gasteiger partial charge in [-0.25, -0.2) is 4.98 Å². The molecule has 0 saturated carbocycles. The minimum Gasteiger partial charge on any atom is -0.378 e. The predicted molar refractivity (Wildman–Crippen MR) is 158 cm³/mol. The van der Waals surface area contributed by atoms with Crippen molar-refractivity contribution in [1.29, 1.82) is 0 Å². The van der Waals surface area contributed by atoms with Crippen LogP contribution in [-0.2, 0) is 9.53 Å². The van der Waals surface area contributed by atoms with Crippen molar-refractivity contribution in [3.63, 3.8) is 0 Å². The summed E-state index contributed by atoms with van der Waals surface area (Å²) >= 11 is 0. The number of H-pyrrole nitrogens is 1. The molecule has 0 spiro atoms. The first-order chi connectivity index (χ1) is 19.6. The molecule has 8 heteroatoms. The average molecular weight is 540 g/mol. The smallest absolute Gasteiger partial charge is 0.251 e. The quantitative estimate of drug-likeness (QED) is 0.227. The highest BCUT2D eigenvalue weighted by atomic mass is 16.5. The number of carbonyl (C=O) groups is 2. The number of unbranched alkanes of at least 4 members (excludes halogenated alkanes) is 2. The zero-order valence-corrected chi connectivity index (χ0v) is 23.0. The molecular formula is C32H37N5O3. The normalized spacial score (nSPS) is 14.2. The fraction of sp³-hybridized carbons (Fsp3) is 0.344. The van der Waals surface area contributed by atoms with Crippen molar-refractivity contribution >= 4 is 28.3 Å². The van der Waals surface area contributed by atoms with Crippen LogP contribution in [0.4, 0.5) is 5.69 Å². The van der Waals surface area contributed by atoms with Gasteiger partial charge in [-0.05, 0) is 47.9 Å². The Morgan fingerprint density at radius 2 is 1.80 bits per heavy atom. The Hall–Kier alpha value is -4.17. The van der Waals surface area contributed by atoms with Crippen molar-refractivity contribution in [3.05, 3.63) is 84.3 Å². The third kappa shape index (κ3) is 6.87. The molecule has 208 valence electrons. The molecule has 4 aromatic rings. The fourth-order valence-electron chi connectivity index (χ4n) is 5.14. The molecule has 3 N–H and O–H groups in total. The molecule has 1 aliphatic rings. The Bertz CT molecular complexity index is 1440. The van der Waals surface area contributed by atoms with Crippen molar-refractivity contribution in [2.75, 3.05) is 38.3 Å². The summed E-state index contributed by atoms with van der Waals surface area (Å²) in [5, 5.41) is 8.25. The van der Waals surface area contributed by atoms with E-state index in [-0.39, 0.29) is 17.9 Å². The second kappa shape index (κ2) is 13.3. The van der Waals surface area contributed by atoms with Crippen molar-refractivity contribution < 1.29 is 14.3 Å². The lowest BCUT2D eigenvalue weighted by molar-refractivity contribution is -0.120. The molecule has 1 aromatic heterocycles. The van der Waals surface area contributed by atoms with E-state index in [4.69, 9.17) is 9.72 Å². The Morgan fingerprint density at radius 3 is 2.62 bits per heavy atom. The molecule has 1 aliphatic heterocycles. The number of amides is 2. The molecule has 8 nitrogen and oxygen atoms in total. The molecule has 1 fully saturated rings. The molecule has 2 amide bonds. The predicted octanol–water partition coefficient (Wildman–Crippen LogP) is 5.23. The third-order valence-corrected chi connectivity index (χ3v) is 7.45. The summed E-state index contributed by atoms with van der Waals surface area (Å²) in [5.41, 5.74) is 3.61. The van der Waals surface area contributed by atoms with E-state index in [9.17, 15) is 9.59 Å². The van der Waals surface area contributed by atoms with Crippen LogP contribution in [0.25, 0.3) is 22.0 Å². The van der Waals surface area contributed by atoms with Gasteiger partial charge in [0.2, 0.25) is 5.91 Å². The van der Waals surface area contributed by atoms with Gasteiger partial charge in [0.15, 0.2) is 0 Å². The van der Waals surface area contributed by atoms with Gasteiger partial charge < -0.3 is 25.3 Å². The van der Waals surface area contributed by atoms with Gasteiger partial charge in [-0.3, -0.25) is 9.59 Å². The number of hydrogen-bond donors (Lipinski definition) is 3. The van der Waals surface area contributed by atoms with Gasteiger partial charge in [0.25, 0.3) is 5.91 Å². The molecule has 1 saturated heterocycles. The van der Waals surface area contributed by atoms with Crippen LogP contribution in [0.5, 0.6) is 0 Å². The molecule has 40 heavy (non-hydrogen) atoms. The summed E-state index contributed by atoms with van der Waals surface area (Å²) in [6.07, 6.45) is 5.63. The van der Waals surface area contributed by atoms with Gasteiger partial charge in [-0.2, -0.15) is 0 Å². The van der Waals surface area contributed by atoms with E-state index >= 15 is 0 Å². The Balaban J connectivity index is 1.32. The van der Waals surface area contributed by atoms with Crippen LogP contribution in [0.1, 0.15) is 54.3 Å². The molecular weight excluding hydrogens is 502 g/mol. The summed E-state index contributed by atoms with van der Waals surface area (Å²) in [5.74, 6) is 0.650. The number of aromatic amines is 1. The lowest BCUT2D eigenvalue weighted by atomic mass is 10.0. The number of ether oxygens (including phenoxy) is 1. The van der Waals surface area contributed by atoms with E-state index < -0.39 is 0 Å². The van der Waals surface area contributed by atoms with E-state index in [2.05, 4.69) is 50.8 Å². The highest BCUT2D eigenvalue weighted by Crippen LogP contribution is 2.26. The second-order valence-electron chi connectivity index (χ2n) is 10.2. The number of rotatable bonds is 11. The van der Waals surface area contributed by atoms with E-state index in [1.165, 1.54) is 5.39 Å². The standard InChI is InChI=1S/C32H37N5O3/c1-33-30(38)13-4-2-3-12-28(36-32(39)26-10-7-11-27(21-26)37-16-18-40-19-17-37)31-34-22-29(35-31)25-15-14-23-8-5-6-9-24(23)20-25/h5-11,14-15,20-22,28H,2-4,12-13,16-19H2,1H3,(H,33,38)(H,34,35)(H,36,39)/t28-/m0/s1. The maximum absolute atomic E-state index is 13.5. The second-order valence-corrected chi connectivity index (χ2v) is 10.2. The Kier molecular flexibility index (Phi) is 9.08. The SMILES string of the molecule is CNC(=O)CCCCC[C@H](NC(=O)c1cccc(N2CCOCC2)c1)c1ncc(-c2ccc3ccccc3c2)[nH]1. The average Bonchev–Trinajstić information content (AvgIpc) is 3.51. The highest BCUT2D eigenvalue weighted by molar-refractivity contribution is 5.95. The van der Waals surface area contributed by atoms with Crippen LogP contribution in [0.3, 0.4) is 0 Å². The Morgan fingerprint density at radius 1 is 0.975 bits per heavy atom. The van der Waals surface area contributed by atoms with Crippen LogP contribution in [0, 0.1) is 0 Å². The van der Waals surface area contributed by atoms with Crippen molar-refractivity contribution in [2.24, 2.45) is 0 Å². The number of aromatic nitrogens is 2. The van der Waals surface area contributed by atoms with Crippen LogP contribution in [-0.4, -0.2) is 55.1 Å². The minimum atomic E-state index is -0.284. The summed E-state index contributed by atoms with van der Waals surface area (Å²) in [4.78, 5) is 35.5. The van der Waals surface area contributed by atoms with Crippen molar-refractivity contribution in [1.82, 2.24) is 20.6 Å². The van der Waals surface area contributed by atoms with E-state index in [1.807, 2.05) is 42.6 Å². The molecule has 0 unspecified atom stereocenters. The Labute approximate surface area is 235 Å². The summed E-state index contributed by atoms with van der Waals surface area (Å²) in [7, 11) is 1.66. The first-order valence-electron chi connectivity index (χ1n) is 14.1. The molecule has 0 aliphatic carbocycles. The third-order valence-electron chi connectivity index (χ3n) is 7.45. The number of imidazole rings is 1. The van der Waals surface area contributed by atoms with Crippen LogP contribution < -0.4 is 15.5 Å². The largest absolute Gasteiger partial charge is 0.378 e. The van der Waals surface area contributed by atoms with Crippen LogP contribution in [0.15, 0.2) is 72.9 Å². The summed E-state index contributed by atoms with van der Waals surface area (Å²) in [6, 6.07) is 22.1. The zero-order chi connectivity index (χ0) is 27.7. The number of benzene rings is 3. The lowest BCUT2D eigenvalue weighted by Crippen LogP contribution is -2.36. The number of anilines is 1. The molecule has 3 aromatic carbocycles. The van der Waals surface area contributed by atoms with Gasteiger partial charge in [0, 0.05) is 43.4 Å².